The summed E-state index contributed by atoms with van der Waals surface area (Å²) in [7, 11) is 1.39. The highest BCUT2D eigenvalue weighted by molar-refractivity contribution is 6.31. The molecule has 1 N–H and O–H groups in total. The number of alkyl halides is 3. The van der Waals surface area contributed by atoms with Gasteiger partial charge in [-0.1, -0.05) is 24.4 Å². The Labute approximate surface area is 131 Å². The van der Waals surface area contributed by atoms with Crippen LogP contribution in [0.25, 0.3) is 0 Å². The maximum absolute atomic E-state index is 13.1. The molecule has 0 spiro atoms. The van der Waals surface area contributed by atoms with Crippen molar-refractivity contribution in [2.75, 3.05) is 7.11 Å². The number of hydrogen-bond acceptors (Lipinski definition) is 2. The average Bonchev–Trinajstić information content (AvgIpc) is 2.46. The first-order chi connectivity index (χ1) is 10.3. The quantitative estimate of drug-likeness (QED) is 0.899. The van der Waals surface area contributed by atoms with Crippen LogP contribution in [0.2, 0.25) is 5.02 Å². The molecule has 122 valence electrons. The van der Waals surface area contributed by atoms with Crippen molar-refractivity contribution < 1.29 is 22.7 Å². The Hall–Kier alpha value is -1.43. The van der Waals surface area contributed by atoms with Crippen LogP contribution in [-0.4, -0.2) is 25.2 Å². The molecule has 22 heavy (non-hydrogen) atoms. The van der Waals surface area contributed by atoms with Gasteiger partial charge in [0.2, 0.25) is 0 Å². The Morgan fingerprint density at radius 2 is 2.00 bits per heavy atom. The summed E-state index contributed by atoms with van der Waals surface area (Å²) < 4.78 is 44.2. The van der Waals surface area contributed by atoms with E-state index in [4.69, 9.17) is 16.3 Å². The molecule has 0 heterocycles. The summed E-state index contributed by atoms with van der Waals surface area (Å²) in [6, 6.07) is 3.54. The number of ether oxygens (including phenoxy) is 1. The monoisotopic (exact) mass is 335 g/mol. The van der Waals surface area contributed by atoms with Crippen LogP contribution in [0.1, 0.15) is 36.0 Å². The maximum Gasteiger partial charge on any atom is 0.393 e. The van der Waals surface area contributed by atoms with Crippen LogP contribution >= 0.6 is 11.6 Å². The highest BCUT2D eigenvalue weighted by Crippen LogP contribution is 2.38. The molecular weight excluding hydrogens is 319 g/mol. The molecule has 1 aliphatic carbocycles. The largest absolute Gasteiger partial charge is 0.496 e. The zero-order valence-corrected chi connectivity index (χ0v) is 12.8. The first kappa shape index (κ1) is 16.9. The van der Waals surface area contributed by atoms with Crippen molar-refractivity contribution in [1.82, 2.24) is 5.32 Å². The van der Waals surface area contributed by atoms with Crippen LogP contribution in [0.3, 0.4) is 0 Å². The first-order valence-electron chi connectivity index (χ1n) is 7.04. The maximum atomic E-state index is 13.1. The van der Waals surface area contributed by atoms with Gasteiger partial charge < -0.3 is 10.1 Å². The molecule has 1 amide bonds. The molecular formula is C15H17ClF3NO2. The molecule has 1 aromatic carbocycles. The molecule has 3 nitrogen and oxygen atoms in total. The molecule has 1 aromatic rings. The fourth-order valence-electron chi connectivity index (χ4n) is 2.80. The van der Waals surface area contributed by atoms with Gasteiger partial charge in [-0.2, -0.15) is 13.2 Å². The fourth-order valence-corrected chi connectivity index (χ4v) is 2.97. The average molecular weight is 336 g/mol. The zero-order chi connectivity index (χ0) is 16.3. The molecule has 0 aliphatic heterocycles. The number of carbonyl (C=O) groups excluding carboxylic acids is 1. The van der Waals surface area contributed by atoms with E-state index >= 15 is 0 Å². The van der Waals surface area contributed by atoms with Crippen LogP contribution in [0.5, 0.6) is 5.75 Å². The minimum Gasteiger partial charge on any atom is -0.496 e. The third-order valence-corrected chi connectivity index (χ3v) is 4.14. The minimum absolute atomic E-state index is 0.0428. The van der Waals surface area contributed by atoms with Crippen molar-refractivity contribution in [3.8, 4) is 5.75 Å². The van der Waals surface area contributed by atoms with Crippen LogP contribution in [0.15, 0.2) is 18.2 Å². The molecule has 7 heteroatoms. The number of carbonyl (C=O) groups is 1. The number of methoxy groups -OCH3 is 1. The molecule has 0 aromatic heterocycles. The van der Waals surface area contributed by atoms with E-state index in [0.29, 0.717) is 24.3 Å². The van der Waals surface area contributed by atoms with Crippen molar-refractivity contribution in [3.63, 3.8) is 0 Å². The van der Waals surface area contributed by atoms with E-state index in [9.17, 15) is 18.0 Å². The zero-order valence-electron chi connectivity index (χ0n) is 12.0. The summed E-state index contributed by atoms with van der Waals surface area (Å²) in [5.41, 5.74) is 0.140. The van der Waals surface area contributed by atoms with Gasteiger partial charge in [0.05, 0.1) is 18.6 Å². The normalized spacial score (nSPS) is 22.2. The Bertz CT molecular complexity index is 548. The summed E-state index contributed by atoms with van der Waals surface area (Å²) in [6.07, 6.45) is -2.75. The van der Waals surface area contributed by atoms with Gasteiger partial charge in [-0.05, 0) is 31.0 Å². The van der Waals surface area contributed by atoms with Gasteiger partial charge in [0.15, 0.2) is 0 Å². The van der Waals surface area contributed by atoms with Crippen molar-refractivity contribution >= 4 is 17.5 Å². The lowest BCUT2D eigenvalue weighted by atomic mass is 9.84. The van der Waals surface area contributed by atoms with Crippen molar-refractivity contribution in [2.45, 2.75) is 37.9 Å². The number of hydrogen-bond donors (Lipinski definition) is 1. The van der Waals surface area contributed by atoms with E-state index in [-0.39, 0.29) is 17.7 Å². The molecule has 2 unspecified atom stereocenters. The van der Waals surface area contributed by atoms with Crippen molar-refractivity contribution in [2.24, 2.45) is 5.92 Å². The predicted octanol–water partition coefficient (Wildman–Crippen LogP) is 4.20. The molecule has 0 radical (unpaired) electrons. The SMILES string of the molecule is COc1ccc(Cl)cc1C(=O)NC1CCCCC1C(F)(F)F. The van der Waals surface area contributed by atoms with E-state index in [0.717, 1.165) is 0 Å². The van der Waals surface area contributed by atoms with Crippen molar-refractivity contribution in [1.29, 1.82) is 0 Å². The second kappa shape index (κ2) is 6.77. The number of rotatable bonds is 3. The lowest BCUT2D eigenvalue weighted by Gasteiger charge is -2.33. The second-order valence-corrected chi connectivity index (χ2v) is 5.79. The summed E-state index contributed by atoms with van der Waals surface area (Å²) in [5, 5.41) is 2.82. The van der Waals surface area contributed by atoms with Gasteiger partial charge in [-0.25, -0.2) is 0 Å². The smallest absolute Gasteiger partial charge is 0.393 e. The molecule has 0 saturated heterocycles. The van der Waals surface area contributed by atoms with Crippen LogP contribution in [0.4, 0.5) is 13.2 Å². The summed E-state index contributed by atoms with van der Waals surface area (Å²) in [6.45, 7) is 0. The second-order valence-electron chi connectivity index (χ2n) is 5.36. The van der Waals surface area contributed by atoms with Crippen LogP contribution in [0, 0.1) is 5.92 Å². The first-order valence-corrected chi connectivity index (χ1v) is 7.42. The third kappa shape index (κ3) is 3.85. The van der Waals surface area contributed by atoms with E-state index in [1.54, 1.807) is 6.07 Å². The van der Waals surface area contributed by atoms with Gasteiger partial charge in [0.25, 0.3) is 5.91 Å². The number of benzene rings is 1. The summed E-state index contributed by atoms with van der Waals surface area (Å²) in [4.78, 5) is 12.3. The fraction of sp³-hybridized carbons (Fsp3) is 0.533. The van der Waals surface area contributed by atoms with E-state index in [1.165, 1.54) is 19.2 Å². The predicted molar refractivity (Wildman–Crippen MR) is 77.3 cm³/mol. The van der Waals surface area contributed by atoms with Gasteiger partial charge in [-0.3, -0.25) is 4.79 Å². The number of nitrogens with one attached hydrogen (secondary N) is 1. The molecule has 1 aliphatic rings. The number of halogens is 4. The Morgan fingerprint density at radius 1 is 1.32 bits per heavy atom. The highest BCUT2D eigenvalue weighted by Gasteiger charge is 2.46. The van der Waals surface area contributed by atoms with E-state index < -0.39 is 24.0 Å². The molecule has 1 saturated carbocycles. The summed E-state index contributed by atoms with van der Waals surface area (Å²) in [5.74, 6) is -1.82. The Kier molecular flexibility index (Phi) is 5.21. The molecule has 1 fully saturated rings. The molecule has 2 atom stereocenters. The highest BCUT2D eigenvalue weighted by atomic mass is 35.5. The van der Waals surface area contributed by atoms with E-state index in [1.807, 2.05) is 0 Å². The van der Waals surface area contributed by atoms with Crippen LogP contribution in [-0.2, 0) is 0 Å². The molecule has 0 bridgehead atoms. The minimum atomic E-state index is -4.31. The van der Waals surface area contributed by atoms with Gasteiger partial charge >= 0.3 is 6.18 Å². The summed E-state index contributed by atoms with van der Waals surface area (Å²) >= 11 is 5.85. The molecule has 2 rings (SSSR count). The Balaban J connectivity index is 2.18. The van der Waals surface area contributed by atoms with Crippen LogP contribution < -0.4 is 10.1 Å². The third-order valence-electron chi connectivity index (χ3n) is 3.91. The standard InChI is InChI=1S/C15H17ClF3NO2/c1-22-13-7-6-9(16)8-10(13)14(21)20-12-5-3-2-4-11(12)15(17,18)19/h6-8,11-12H,2-5H2,1H3,(H,20,21). The van der Waals surface area contributed by atoms with Gasteiger partial charge in [0, 0.05) is 11.1 Å². The van der Waals surface area contributed by atoms with E-state index in [2.05, 4.69) is 5.32 Å². The van der Waals surface area contributed by atoms with Gasteiger partial charge in [0.1, 0.15) is 5.75 Å². The lowest BCUT2D eigenvalue weighted by Crippen LogP contribution is -2.47. The topological polar surface area (TPSA) is 38.3 Å². The Morgan fingerprint density at radius 3 is 2.64 bits per heavy atom. The number of amides is 1. The van der Waals surface area contributed by atoms with Gasteiger partial charge in [-0.15, -0.1) is 0 Å². The lowest BCUT2D eigenvalue weighted by molar-refractivity contribution is -0.187. The van der Waals surface area contributed by atoms with Crippen molar-refractivity contribution in [3.05, 3.63) is 28.8 Å².